The fourth-order valence-corrected chi connectivity index (χ4v) is 5.56. The van der Waals surface area contributed by atoms with Crippen LogP contribution in [0.3, 0.4) is 0 Å². The Hall–Kier alpha value is -3.55. The van der Waals surface area contributed by atoms with E-state index in [2.05, 4.69) is 34.7 Å². The average molecular weight is 633 g/mol. The van der Waals surface area contributed by atoms with Crippen LogP contribution in [0.2, 0.25) is 25.7 Å². The molecule has 8 nitrogen and oxygen atoms in total. The Morgan fingerprint density at radius 2 is 1.84 bits per heavy atom. The molecule has 0 spiro atoms. The molecule has 236 valence electrons. The minimum Gasteiger partial charge on any atom is -0.472 e. The number of benzene rings is 2. The number of nitrogens with zero attached hydrogens (tertiary/aromatic N) is 4. The standard InChI is InChI=1S/C31H36F4N4O4Si/c1-44(2,3)14-13-40-20-43-26-15-22(17-31(33,34)35)23(16-25(26)32)28-37-29-24(18-36-39(29)27-11-7-8-12-41-27)30(38-28)42-19-21-9-5-4-6-10-21/h4-6,9-10,15-16,18,27H,7-8,11-14,17,19-20H2,1-3H3. The highest BCUT2D eigenvalue weighted by Gasteiger charge is 2.31. The number of aromatic nitrogens is 4. The van der Waals surface area contributed by atoms with E-state index >= 15 is 4.39 Å². The van der Waals surface area contributed by atoms with E-state index in [0.29, 0.717) is 30.7 Å². The van der Waals surface area contributed by atoms with Crippen LogP contribution >= 0.6 is 0 Å². The summed E-state index contributed by atoms with van der Waals surface area (Å²) in [5.41, 5.74) is 0.806. The van der Waals surface area contributed by atoms with Crippen molar-refractivity contribution in [1.82, 2.24) is 19.7 Å². The summed E-state index contributed by atoms with van der Waals surface area (Å²) < 4.78 is 81.2. The van der Waals surface area contributed by atoms with E-state index in [9.17, 15) is 13.2 Å². The first kappa shape index (κ1) is 31.9. The van der Waals surface area contributed by atoms with Gasteiger partial charge in [-0.1, -0.05) is 50.0 Å². The second-order valence-electron chi connectivity index (χ2n) is 12.0. The van der Waals surface area contributed by atoms with Gasteiger partial charge in [-0.3, -0.25) is 0 Å². The Kier molecular flexibility index (Phi) is 9.86. The van der Waals surface area contributed by atoms with Crippen LogP contribution in [0.15, 0.2) is 48.7 Å². The fraction of sp³-hybridized carbons (Fsp3) is 0.452. The Balaban J connectivity index is 1.53. The van der Waals surface area contributed by atoms with Crippen molar-refractivity contribution in [1.29, 1.82) is 0 Å². The van der Waals surface area contributed by atoms with Crippen LogP contribution in [0.4, 0.5) is 17.6 Å². The van der Waals surface area contributed by atoms with Crippen molar-refractivity contribution in [3.63, 3.8) is 0 Å². The van der Waals surface area contributed by atoms with Crippen molar-refractivity contribution < 1.29 is 36.5 Å². The summed E-state index contributed by atoms with van der Waals surface area (Å²) in [4.78, 5) is 9.09. The molecule has 13 heteroatoms. The number of ether oxygens (including phenoxy) is 4. The highest BCUT2D eigenvalue weighted by molar-refractivity contribution is 6.76. The maximum absolute atomic E-state index is 15.4. The van der Waals surface area contributed by atoms with Gasteiger partial charge in [0.05, 0.1) is 12.6 Å². The van der Waals surface area contributed by atoms with E-state index in [1.54, 1.807) is 10.9 Å². The van der Waals surface area contributed by atoms with Crippen LogP contribution in [-0.2, 0) is 22.5 Å². The van der Waals surface area contributed by atoms with Crippen molar-refractivity contribution >= 4 is 19.1 Å². The molecule has 4 aromatic rings. The zero-order valence-electron chi connectivity index (χ0n) is 25.0. The molecule has 0 N–H and O–H groups in total. The summed E-state index contributed by atoms with van der Waals surface area (Å²) >= 11 is 0. The minimum absolute atomic E-state index is 0.116. The lowest BCUT2D eigenvalue weighted by atomic mass is 10.0. The van der Waals surface area contributed by atoms with E-state index in [1.807, 2.05) is 30.3 Å². The highest BCUT2D eigenvalue weighted by atomic mass is 28.3. The summed E-state index contributed by atoms with van der Waals surface area (Å²) in [6, 6.07) is 12.2. The summed E-state index contributed by atoms with van der Waals surface area (Å²) in [6.07, 6.45) is -2.27. The summed E-state index contributed by atoms with van der Waals surface area (Å²) in [5, 5.41) is 4.94. The van der Waals surface area contributed by atoms with Gasteiger partial charge in [-0.25, -0.2) is 14.1 Å². The summed E-state index contributed by atoms with van der Waals surface area (Å²) in [6.45, 7) is 7.38. The van der Waals surface area contributed by atoms with Crippen LogP contribution in [-0.4, -0.2) is 54.0 Å². The second-order valence-corrected chi connectivity index (χ2v) is 17.6. The first-order valence-electron chi connectivity index (χ1n) is 14.6. The molecule has 1 unspecified atom stereocenters. The third-order valence-corrected chi connectivity index (χ3v) is 8.85. The zero-order chi connectivity index (χ0) is 31.3. The fourth-order valence-electron chi connectivity index (χ4n) is 4.80. The third kappa shape index (κ3) is 8.33. The highest BCUT2D eigenvalue weighted by Crippen LogP contribution is 2.36. The predicted molar refractivity (Wildman–Crippen MR) is 160 cm³/mol. The maximum Gasteiger partial charge on any atom is 0.393 e. The molecule has 1 aliphatic rings. The quantitative estimate of drug-likeness (QED) is 0.0685. The first-order valence-corrected chi connectivity index (χ1v) is 18.3. The predicted octanol–water partition coefficient (Wildman–Crippen LogP) is 7.71. The Morgan fingerprint density at radius 1 is 1.05 bits per heavy atom. The molecule has 0 bridgehead atoms. The Bertz CT molecular complexity index is 1550. The van der Waals surface area contributed by atoms with Crippen LogP contribution in [0.5, 0.6) is 11.6 Å². The molecule has 2 aromatic carbocycles. The number of rotatable bonds is 12. The number of hydrogen-bond donors (Lipinski definition) is 0. The smallest absolute Gasteiger partial charge is 0.393 e. The topological polar surface area (TPSA) is 80.5 Å². The number of halogens is 4. The third-order valence-electron chi connectivity index (χ3n) is 7.15. The molecule has 1 saturated heterocycles. The lowest BCUT2D eigenvalue weighted by Crippen LogP contribution is -2.22. The number of fused-ring (bicyclic) bond motifs is 1. The molecule has 0 aliphatic carbocycles. The minimum atomic E-state index is -4.59. The van der Waals surface area contributed by atoms with Crippen LogP contribution in [0, 0.1) is 5.82 Å². The summed E-state index contributed by atoms with van der Waals surface area (Å²) in [7, 11) is -1.36. The lowest BCUT2D eigenvalue weighted by molar-refractivity contribution is -0.127. The van der Waals surface area contributed by atoms with Gasteiger partial charge in [0.1, 0.15) is 12.0 Å². The molecule has 0 amide bonds. The molecule has 0 radical (unpaired) electrons. The van der Waals surface area contributed by atoms with E-state index in [1.165, 1.54) is 0 Å². The Morgan fingerprint density at radius 3 is 2.55 bits per heavy atom. The zero-order valence-corrected chi connectivity index (χ0v) is 26.0. The van der Waals surface area contributed by atoms with Gasteiger partial charge in [0, 0.05) is 26.9 Å². The van der Waals surface area contributed by atoms with E-state index in [4.69, 9.17) is 18.9 Å². The molecule has 1 atom stereocenters. The molecular formula is C31H36F4N4O4Si. The molecular weight excluding hydrogens is 596 g/mol. The van der Waals surface area contributed by atoms with Crippen molar-refractivity contribution in [2.24, 2.45) is 0 Å². The first-order chi connectivity index (χ1) is 21.0. The lowest BCUT2D eigenvalue weighted by Gasteiger charge is -2.23. The van der Waals surface area contributed by atoms with E-state index < -0.39 is 32.7 Å². The van der Waals surface area contributed by atoms with Crippen molar-refractivity contribution in [2.45, 2.75) is 70.4 Å². The van der Waals surface area contributed by atoms with Crippen molar-refractivity contribution in [3.8, 4) is 23.0 Å². The van der Waals surface area contributed by atoms with Gasteiger partial charge in [-0.05, 0) is 48.6 Å². The van der Waals surface area contributed by atoms with Crippen molar-refractivity contribution in [2.75, 3.05) is 20.0 Å². The molecule has 44 heavy (non-hydrogen) atoms. The molecule has 3 heterocycles. The van der Waals surface area contributed by atoms with Gasteiger partial charge in [0.25, 0.3) is 0 Å². The second kappa shape index (κ2) is 13.6. The number of hydrogen-bond acceptors (Lipinski definition) is 7. The van der Waals surface area contributed by atoms with Gasteiger partial charge in [0.15, 0.2) is 36.1 Å². The average Bonchev–Trinajstić information content (AvgIpc) is 3.41. The largest absolute Gasteiger partial charge is 0.472 e. The van der Waals surface area contributed by atoms with Gasteiger partial charge < -0.3 is 18.9 Å². The number of alkyl halides is 3. The van der Waals surface area contributed by atoms with Crippen LogP contribution < -0.4 is 9.47 Å². The van der Waals surface area contributed by atoms with Crippen molar-refractivity contribution in [3.05, 3.63) is 65.6 Å². The maximum atomic E-state index is 15.4. The molecule has 2 aromatic heterocycles. The normalized spacial score (nSPS) is 15.9. The van der Waals surface area contributed by atoms with Gasteiger partial charge in [-0.2, -0.15) is 23.3 Å². The van der Waals surface area contributed by atoms with Gasteiger partial charge in [-0.15, -0.1) is 0 Å². The van der Waals surface area contributed by atoms with Crippen LogP contribution in [0.1, 0.15) is 36.6 Å². The molecule has 0 saturated carbocycles. The SMILES string of the molecule is C[Si](C)(C)CCOCOc1cc(CC(F)(F)F)c(-c2nc(OCc3ccccc3)c3cnn(C4CCCCO4)c3n2)cc1F. The monoisotopic (exact) mass is 632 g/mol. The molecule has 1 aliphatic heterocycles. The molecule has 1 fully saturated rings. The van der Waals surface area contributed by atoms with Gasteiger partial charge in [0.2, 0.25) is 5.88 Å². The van der Waals surface area contributed by atoms with Gasteiger partial charge >= 0.3 is 6.18 Å². The molecule has 5 rings (SSSR count). The van der Waals surface area contributed by atoms with E-state index in [0.717, 1.165) is 36.6 Å². The Labute approximate surface area is 254 Å². The summed E-state index contributed by atoms with van der Waals surface area (Å²) in [5.74, 6) is -1.22. The van der Waals surface area contributed by atoms with E-state index in [-0.39, 0.29) is 42.0 Å². The van der Waals surface area contributed by atoms with Crippen LogP contribution in [0.25, 0.3) is 22.4 Å².